The van der Waals surface area contributed by atoms with Crippen LogP contribution in [0, 0.1) is 0 Å². The van der Waals surface area contributed by atoms with Crippen molar-refractivity contribution in [1.82, 2.24) is 4.98 Å². The van der Waals surface area contributed by atoms with Crippen LogP contribution in [0.1, 0.15) is 16.1 Å². The summed E-state index contributed by atoms with van der Waals surface area (Å²) in [6.07, 6.45) is -5.50. The Morgan fingerprint density at radius 3 is 2.17 bits per heavy atom. The molecule has 186 valence electrons. The van der Waals surface area contributed by atoms with E-state index in [0.717, 1.165) is 12.1 Å². The van der Waals surface area contributed by atoms with Gasteiger partial charge in [-0.15, -0.1) is 13.2 Å². The second-order valence-corrected chi connectivity index (χ2v) is 8.28. The molecule has 0 aliphatic rings. The minimum atomic E-state index is -4.90. The Morgan fingerprint density at radius 1 is 0.917 bits per heavy atom. The van der Waals surface area contributed by atoms with Gasteiger partial charge in [-0.25, -0.2) is 4.79 Å². The van der Waals surface area contributed by atoms with Crippen LogP contribution in [0.4, 0.5) is 13.2 Å². The third kappa shape index (κ3) is 5.34. The summed E-state index contributed by atoms with van der Waals surface area (Å²) in [5, 5.41) is 19.7. The van der Waals surface area contributed by atoms with E-state index in [1.54, 1.807) is 0 Å². The largest absolute Gasteiger partial charge is 0.573 e. The number of aromatic carboxylic acids is 1. The molecule has 0 amide bonds. The van der Waals surface area contributed by atoms with Crippen molar-refractivity contribution in [2.45, 2.75) is 12.8 Å². The van der Waals surface area contributed by atoms with Gasteiger partial charge in [0, 0.05) is 28.2 Å². The topological polar surface area (TPSA) is 109 Å². The highest BCUT2D eigenvalue weighted by atomic mass is 35.5. The number of aromatic amines is 1. The molecule has 3 aromatic carbocycles. The van der Waals surface area contributed by atoms with Crippen molar-refractivity contribution in [3.8, 4) is 28.4 Å². The summed E-state index contributed by atoms with van der Waals surface area (Å²) in [6.45, 7) is 0. The summed E-state index contributed by atoms with van der Waals surface area (Å²) in [5.41, 5.74) is 0.402. The van der Waals surface area contributed by atoms with Gasteiger partial charge in [-0.05, 0) is 42.0 Å². The number of hydrogen-bond acceptors (Lipinski definition) is 4. The highest BCUT2D eigenvalue weighted by Crippen LogP contribution is 2.43. The first-order valence-electron chi connectivity index (χ1n) is 10.0. The van der Waals surface area contributed by atoms with Crippen LogP contribution < -0.4 is 9.47 Å². The van der Waals surface area contributed by atoms with E-state index < -0.39 is 30.5 Å². The van der Waals surface area contributed by atoms with E-state index in [-0.39, 0.29) is 54.8 Å². The molecule has 4 aromatic rings. The summed E-state index contributed by atoms with van der Waals surface area (Å²) >= 11 is 12.0. The standard InChI is InChI=1S/C24H14Cl2F3NO6/c25-14-6-5-13(9-15(14)26)35-18-8-7-16-21(22(23(33)34)17(30-16)10-19(31)32)20(18)11-1-3-12(4-2-11)36-24(27,28)29/h1-9,30H,10H2,(H,31,32)(H,33,34). The summed E-state index contributed by atoms with van der Waals surface area (Å²) in [7, 11) is 0. The van der Waals surface area contributed by atoms with E-state index in [1.165, 1.54) is 42.5 Å². The van der Waals surface area contributed by atoms with E-state index >= 15 is 0 Å². The van der Waals surface area contributed by atoms with Gasteiger partial charge in [-0.2, -0.15) is 0 Å². The number of ether oxygens (including phenoxy) is 2. The molecule has 0 fully saturated rings. The van der Waals surface area contributed by atoms with Crippen molar-refractivity contribution in [3.63, 3.8) is 0 Å². The molecule has 7 nitrogen and oxygen atoms in total. The van der Waals surface area contributed by atoms with Crippen LogP contribution in [0.15, 0.2) is 54.6 Å². The fourth-order valence-electron chi connectivity index (χ4n) is 3.71. The summed E-state index contributed by atoms with van der Waals surface area (Å²) in [4.78, 5) is 26.3. The van der Waals surface area contributed by atoms with Crippen LogP contribution >= 0.6 is 23.2 Å². The molecule has 0 saturated carbocycles. The molecule has 4 rings (SSSR count). The first-order chi connectivity index (χ1) is 16.9. The van der Waals surface area contributed by atoms with Gasteiger partial charge in [-0.3, -0.25) is 4.79 Å². The minimum absolute atomic E-state index is 0.0602. The molecule has 0 aliphatic heterocycles. The maximum absolute atomic E-state index is 12.6. The van der Waals surface area contributed by atoms with Gasteiger partial charge in [0.1, 0.15) is 17.2 Å². The van der Waals surface area contributed by atoms with Crippen LogP contribution in [-0.4, -0.2) is 33.5 Å². The lowest BCUT2D eigenvalue weighted by molar-refractivity contribution is -0.274. The number of aliphatic carboxylic acids is 1. The minimum Gasteiger partial charge on any atom is -0.481 e. The number of halogens is 5. The zero-order chi connectivity index (χ0) is 26.2. The summed E-state index contributed by atoms with van der Waals surface area (Å²) < 4.78 is 47.7. The molecule has 12 heteroatoms. The number of nitrogens with one attached hydrogen (secondary N) is 1. The number of aromatic nitrogens is 1. The molecule has 0 unspecified atom stereocenters. The van der Waals surface area contributed by atoms with Crippen LogP contribution in [0.3, 0.4) is 0 Å². The van der Waals surface area contributed by atoms with Crippen molar-refractivity contribution in [3.05, 3.63) is 75.9 Å². The second kappa shape index (κ2) is 9.63. The number of benzene rings is 3. The fourth-order valence-corrected chi connectivity index (χ4v) is 3.99. The van der Waals surface area contributed by atoms with E-state index in [2.05, 4.69) is 9.72 Å². The van der Waals surface area contributed by atoms with Crippen molar-refractivity contribution >= 4 is 46.0 Å². The van der Waals surface area contributed by atoms with Crippen LogP contribution in [-0.2, 0) is 11.2 Å². The zero-order valence-corrected chi connectivity index (χ0v) is 19.3. The Kier molecular flexibility index (Phi) is 6.75. The quantitative estimate of drug-likeness (QED) is 0.230. The van der Waals surface area contributed by atoms with E-state index in [0.29, 0.717) is 0 Å². The highest BCUT2D eigenvalue weighted by Gasteiger charge is 2.31. The maximum atomic E-state index is 12.6. The number of carboxylic acid groups (broad SMARTS) is 2. The number of fused-ring (bicyclic) bond motifs is 1. The number of carboxylic acids is 2. The third-order valence-corrected chi connectivity index (χ3v) is 5.78. The van der Waals surface area contributed by atoms with Gasteiger partial charge in [0.15, 0.2) is 0 Å². The third-order valence-electron chi connectivity index (χ3n) is 5.04. The van der Waals surface area contributed by atoms with E-state index in [4.69, 9.17) is 27.9 Å². The molecule has 0 atom stereocenters. The molecule has 36 heavy (non-hydrogen) atoms. The number of hydrogen-bond donors (Lipinski definition) is 3. The zero-order valence-electron chi connectivity index (χ0n) is 17.8. The van der Waals surface area contributed by atoms with Gasteiger partial charge in [0.2, 0.25) is 0 Å². The predicted octanol–water partition coefficient (Wildman–Crippen LogP) is 7.16. The monoisotopic (exact) mass is 539 g/mol. The number of rotatable bonds is 7. The average molecular weight is 540 g/mol. The molecular formula is C24H14Cl2F3NO6. The molecule has 0 radical (unpaired) electrons. The summed E-state index contributed by atoms with van der Waals surface area (Å²) in [5.74, 6) is -2.76. The van der Waals surface area contributed by atoms with Crippen molar-refractivity contribution in [2.75, 3.05) is 0 Å². The predicted molar refractivity (Wildman–Crippen MR) is 125 cm³/mol. The van der Waals surface area contributed by atoms with Crippen molar-refractivity contribution in [2.24, 2.45) is 0 Å². The first kappa shape index (κ1) is 25.2. The number of carbonyl (C=O) groups is 2. The Hall–Kier alpha value is -3.89. The van der Waals surface area contributed by atoms with Gasteiger partial charge < -0.3 is 24.7 Å². The molecule has 0 aliphatic carbocycles. The number of alkyl halides is 3. The molecular weight excluding hydrogens is 526 g/mol. The van der Waals surface area contributed by atoms with Gasteiger partial charge in [0.05, 0.1) is 22.0 Å². The normalized spacial score (nSPS) is 11.5. The van der Waals surface area contributed by atoms with Crippen LogP contribution in [0.25, 0.3) is 22.0 Å². The van der Waals surface area contributed by atoms with Gasteiger partial charge in [0.25, 0.3) is 0 Å². The SMILES string of the molecule is O=C(O)Cc1[nH]c2ccc(Oc3ccc(Cl)c(Cl)c3)c(-c3ccc(OC(F)(F)F)cc3)c2c1C(=O)O. The van der Waals surface area contributed by atoms with Crippen molar-refractivity contribution < 1.29 is 42.4 Å². The molecule has 3 N–H and O–H groups in total. The van der Waals surface area contributed by atoms with Crippen LogP contribution in [0.5, 0.6) is 17.2 Å². The molecule has 0 bridgehead atoms. The van der Waals surface area contributed by atoms with Crippen molar-refractivity contribution in [1.29, 1.82) is 0 Å². The molecule has 1 heterocycles. The Morgan fingerprint density at radius 2 is 1.58 bits per heavy atom. The second-order valence-electron chi connectivity index (χ2n) is 7.47. The average Bonchev–Trinajstić information content (AvgIpc) is 3.13. The van der Waals surface area contributed by atoms with Gasteiger partial charge in [-0.1, -0.05) is 35.3 Å². The van der Waals surface area contributed by atoms with E-state index in [1.807, 2.05) is 0 Å². The summed E-state index contributed by atoms with van der Waals surface area (Å²) in [6, 6.07) is 12.2. The highest BCUT2D eigenvalue weighted by molar-refractivity contribution is 6.42. The molecule has 0 saturated heterocycles. The molecule has 0 spiro atoms. The lowest BCUT2D eigenvalue weighted by Crippen LogP contribution is -2.16. The lowest BCUT2D eigenvalue weighted by atomic mass is 9.96. The smallest absolute Gasteiger partial charge is 0.481 e. The Labute approximate surface area is 210 Å². The van der Waals surface area contributed by atoms with E-state index in [9.17, 15) is 33.0 Å². The van der Waals surface area contributed by atoms with Gasteiger partial charge >= 0.3 is 18.3 Å². The maximum Gasteiger partial charge on any atom is 0.573 e. The fraction of sp³-hybridized carbons (Fsp3) is 0.0833. The Bertz CT molecular complexity index is 1480. The first-order valence-corrected chi connectivity index (χ1v) is 10.8. The number of H-pyrrole nitrogens is 1. The van der Waals surface area contributed by atoms with Crippen LogP contribution in [0.2, 0.25) is 10.0 Å². The Balaban J connectivity index is 1.95. The molecule has 1 aromatic heterocycles. The lowest BCUT2D eigenvalue weighted by Gasteiger charge is -2.15.